The topological polar surface area (TPSA) is 143 Å². The van der Waals surface area contributed by atoms with E-state index in [0.29, 0.717) is 31.0 Å². The molecule has 0 aliphatic rings. The zero-order valence-electron chi connectivity index (χ0n) is 19.0. The summed E-state index contributed by atoms with van der Waals surface area (Å²) in [5.74, 6) is -0.292. The van der Waals surface area contributed by atoms with Gasteiger partial charge in [0.25, 0.3) is 5.69 Å². The fraction of sp³-hybridized carbons (Fsp3) is 0.381. The van der Waals surface area contributed by atoms with Crippen molar-refractivity contribution in [1.82, 2.24) is 4.31 Å². The minimum atomic E-state index is -3.67. The number of ether oxygens (including phenoxy) is 1. The van der Waals surface area contributed by atoms with Crippen molar-refractivity contribution in [3.63, 3.8) is 0 Å². The van der Waals surface area contributed by atoms with E-state index in [9.17, 15) is 23.3 Å². The van der Waals surface area contributed by atoms with Gasteiger partial charge in [0.15, 0.2) is 0 Å². The van der Waals surface area contributed by atoms with E-state index < -0.39 is 20.9 Å². The van der Waals surface area contributed by atoms with Crippen molar-refractivity contribution in [2.75, 3.05) is 49.2 Å². The number of anilines is 3. The van der Waals surface area contributed by atoms with E-state index in [1.807, 2.05) is 6.92 Å². The third-order valence-electron chi connectivity index (χ3n) is 4.81. The lowest BCUT2D eigenvalue weighted by Crippen LogP contribution is -2.30. The largest absolute Gasteiger partial charge is 0.494 e. The Morgan fingerprint density at radius 1 is 1.03 bits per heavy atom. The number of nitro groups is 1. The number of rotatable bonds is 12. The first-order chi connectivity index (χ1) is 15.7. The summed E-state index contributed by atoms with van der Waals surface area (Å²) in [6.07, 6.45) is 0. The number of carbonyl (C=O) groups is 1. The standard InChI is InChI=1S/C21H29N5O6S/c1-5-22-17-11-9-16(33(30,31)25(6-2)7-3)13-19(17)23-14-21(27)24-18-10-8-15(26(28)29)12-20(18)32-4/h8-13,22-23H,5-7,14H2,1-4H3,(H,24,27). The second-order valence-electron chi connectivity index (χ2n) is 6.87. The van der Waals surface area contributed by atoms with Crippen LogP contribution in [0.25, 0.3) is 0 Å². The highest BCUT2D eigenvalue weighted by molar-refractivity contribution is 7.89. The monoisotopic (exact) mass is 479 g/mol. The number of amides is 1. The molecule has 0 fully saturated rings. The van der Waals surface area contributed by atoms with Crippen LogP contribution in [0, 0.1) is 10.1 Å². The van der Waals surface area contributed by atoms with Crippen molar-refractivity contribution >= 4 is 38.7 Å². The van der Waals surface area contributed by atoms with Gasteiger partial charge in [-0.3, -0.25) is 14.9 Å². The zero-order valence-corrected chi connectivity index (χ0v) is 19.9. The average Bonchev–Trinajstić information content (AvgIpc) is 2.79. The van der Waals surface area contributed by atoms with E-state index >= 15 is 0 Å². The van der Waals surface area contributed by atoms with E-state index in [0.717, 1.165) is 0 Å². The number of carbonyl (C=O) groups excluding carboxylic acids is 1. The molecule has 0 aliphatic heterocycles. The summed E-state index contributed by atoms with van der Waals surface area (Å²) in [5, 5.41) is 19.7. The molecule has 0 aromatic heterocycles. The number of hydrogen-bond donors (Lipinski definition) is 3. The van der Waals surface area contributed by atoms with Gasteiger partial charge in [-0.2, -0.15) is 4.31 Å². The number of non-ortho nitro benzene ring substituents is 1. The van der Waals surface area contributed by atoms with Crippen LogP contribution in [-0.4, -0.2) is 56.8 Å². The number of methoxy groups -OCH3 is 1. The highest BCUT2D eigenvalue weighted by Gasteiger charge is 2.23. The Hall–Kier alpha value is -3.38. The SMILES string of the molecule is CCNc1ccc(S(=O)(=O)N(CC)CC)cc1NCC(=O)Nc1ccc([N+](=O)[O-])cc1OC. The predicted molar refractivity (Wildman–Crippen MR) is 127 cm³/mol. The van der Waals surface area contributed by atoms with Gasteiger partial charge in [0.1, 0.15) is 5.75 Å². The molecule has 0 bridgehead atoms. The van der Waals surface area contributed by atoms with Crippen molar-refractivity contribution in [2.24, 2.45) is 0 Å². The molecule has 11 nitrogen and oxygen atoms in total. The third kappa shape index (κ3) is 6.33. The van der Waals surface area contributed by atoms with E-state index in [4.69, 9.17) is 4.74 Å². The Morgan fingerprint density at radius 3 is 2.27 bits per heavy atom. The Morgan fingerprint density at radius 2 is 1.70 bits per heavy atom. The third-order valence-corrected chi connectivity index (χ3v) is 6.86. The number of nitrogens with one attached hydrogen (secondary N) is 3. The molecule has 2 aromatic rings. The van der Waals surface area contributed by atoms with E-state index in [1.165, 1.54) is 41.7 Å². The molecule has 0 saturated carbocycles. The lowest BCUT2D eigenvalue weighted by molar-refractivity contribution is -0.384. The van der Waals surface area contributed by atoms with Gasteiger partial charge in [-0.15, -0.1) is 0 Å². The molecule has 12 heteroatoms. The summed E-state index contributed by atoms with van der Waals surface area (Å²) in [6.45, 7) is 6.55. The van der Waals surface area contributed by atoms with Gasteiger partial charge < -0.3 is 20.7 Å². The summed E-state index contributed by atoms with van der Waals surface area (Å²) < 4.78 is 32.2. The average molecular weight is 480 g/mol. The molecule has 1 amide bonds. The van der Waals surface area contributed by atoms with Crippen LogP contribution in [0.4, 0.5) is 22.7 Å². The Balaban J connectivity index is 2.22. The van der Waals surface area contributed by atoms with Crippen molar-refractivity contribution in [1.29, 1.82) is 0 Å². The summed E-state index contributed by atoms with van der Waals surface area (Å²) in [4.78, 5) is 23.0. The maximum absolute atomic E-state index is 12.9. The van der Waals surface area contributed by atoms with Gasteiger partial charge >= 0.3 is 0 Å². The van der Waals surface area contributed by atoms with Crippen LogP contribution in [0.15, 0.2) is 41.3 Å². The van der Waals surface area contributed by atoms with Gasteiger partial charge in [-0.1, -0.05) is 13.8 Å². The molecule has 0 aliphatic carbocycles. The lowest BCUT2D eigenvalue weighted by Gasteiger charge is -2.20. The van der Waals surface area contributed by atoms with Crippen LogP contribution in [0.5, 0.6) is 5.75 Å². The molecular weight excluding hydrogens is 450 g/mol. The fourth-order valence-electron chi connectivity index (χ4n) is 3.15. The van der Waals surface area contributed by atoms with Gasteiger partial charge in [-0.05, 0) is 31.2 Å². The first-order valence-corrected chi connectivity index (χ1v) is 11.9. The van der Waals surface area contributed by atoms with E-state index in [-0.39, 0.29) is 28.6 Å². The van der Waals surface area contributed by atoms with Crippen molar-refractivity contribution < 1.29 is 22.9 Å². The molecule has 0 radical (unpaired) electrons. The molecule has 180 valence electrons. The number of nitro benzene ring substituents is 1. The van der Waals surface area contributed by atoms with Gasteiger partial charge in [0.2, 0.25) is 15.9 Å². The van der Waals surface area contributed by atoms with Crippen molar-refractivity contribution in [2.45, 2.75) is 25.7 Å². The van der Waals surface area contributed by atoms with E-state index in [2.05, 4.69) is 16.0 Å². The molecular formula is C21H29N5O6S. The van der Waals surface area contributed by atoms with Gasteiger partial charge in [0, 0.05) is 25.7 Å². The molecule has 0 saturated heterocycles. The van der Waals surface area contributed by atoms with Crippen LogP contribution in [0.3, 0.4) is 0 Å². The molecule has 2 aromatic carbocycles. The molecule has 0 atom stereocenters. The maximum Gasteiger partial charge on any atom is 0.273 e. The van der Waals surface area contributed by atoms with Crippen LogP contribution < -0.4 is 20.7 Å². The van der Waals surface area contributed by atoms with Gasteiger partial charge in [0.05, 0.1) is 46.6 Å². The Kier molecular flexibility index (Phi) is 9.00. The first kappa shape index (κ1) is 25.9. The predicted octanol–water partition coefficient (Wildman–Crippen LogP) is 3.12. The minimum Gasteiger partial charge on any atom is -0.494 e. The summed E-state index contributed by atoms with van der Waals surface area (Å²) >= 11 is 0. The second kappa shape index (κ2) is 11.5. The number of hydrogen-bond acceptors (Lipinski definition) is 8. The van der Waals surface area contributed by atoms with Crippen LogP contribution in [0.2, 0.25) is 0 Å². The first-order valence-electron chi connectivity index (χ1n) is 10.4. The molecule has 0 heterocycles. The number of nitrogens with zero attached hydrogens (tertiary/aromatic N) is 2. The Labute approximate surface area is 193 Å². The molecule has 0 spiro atoms. The number of benzene rings is 2. The molecule has 33 heavy (non-hydrogen) atoms. The van der Waals surface area contributed by atoms with Crippen molar-refractivity contribution in [3.8, 4) is 5.75 Å². The molecule has 0 unspecified atom stereocenters. The van der Waals surface area contributed by atoms with E-state index in [1.54, 1.807) is 19.9 Å². The summed E-state index contributed by atoms with van der Waals surface area (Å²) in [5.41, 5.74) is 1.22. The van der Waals surface area contributed by atoms with Crippen LogP contribution in [0.1, 0.15) is 20.8 Å². The minimum absolute atomic E-state index is 0.118. The quantitative estimate of drug-likeness (QED) is 0.311. The summed E-state index contributed by atoms with van der Waals surface area (Å²) in [6, 6.07) is 8.53. The Bertz CT molecular complexity index is 1100. The highest BCUT2D eigenvalue weighted by Crippen LogP contribution is 2.30. The number of sulfonamides is 1. The second-order valence-corrected chi connectivity index (χ2v) is 8.81. The summed E-state index contributed by atoms with van der Waals surface area (Å²) in [7, 11) is -2.32. The normalized spacial score (nSPS) is 11.2. The maximum atomic E-state index is 12.9. The smallest absolute Gasteiger partial charge is 0.273 e. The molecule has 2 rings (SSSR count). The van der Waals surface area contributed by atoms with Crippen LogP contribution in [-0.2, 0) is 14.8 Å². The van der Waals surface area contributed by atoms with Crippen LogP contribution >= 0.6 is 0 Å². The van der Waals surface area contributed by atoms with Crippen molar-refractivity contribution in [3.05, 3.63) is 46.5 Å². The highest BCUT2D eigenvalue weighted by atomic mass is 32.2. The molecule has 3 N–H and O–H groups in total. The lowest BCUT2D eigenvalue weighted by atomic mass is 10.2. The van der Waals surface area contributed by atoms with Gasteiger partial charge in [-0.25, -0.2) is 8.42 Å². The fourth-order valence-corrected chi connectivity index (χ4v) is 4.64. The zero-order chi connectivity index (χ0) is 24.6.